The normalized spacial score (nSPS) is 17.5. The topological polar surface area (TPSA) is 73.1 Å². The second-order valence-electron chi connectivity index (χ2n) is 4.26. The molecule has 1 aliphatic rings. The average Bonchev–Trinajstić information content (AvgIpc) is 2.27. The molecule has 0 spiro atoms. The minimum absolute atomic E-state index is 0.0147. The number of hydrogen-bond acceptors (Lipinski definition) is 6. The van der Waals surface area contributed by atoms with E-state index in [2.05, 4.69) is 15.3 Å². The summed E-state index contributed by atoms with van der Waals surface area (Å²) in [6.07, 6.45) is 5.37. The third kappa shape index (κ3) is 2.81. The molecule has 0 atom stereocenters. The maximum atomic E-state index is 5.72. The summed E-state index contributed by atoms with van der Waals surface area (Å²) in [4.78, 5) is 8.46. The number of rotatable bonds is 5. The summed E-state index contributed by atoms with van der Waals surface area (Å²) in [5, 5.41) is 3.97. The van der Waals surface area contributed by atoms with Crippen molar-refractivity contribution in [1.82, 2.24) is 9.97 Å². The SMILES string of the molecule is COC1(CNc2cc(N)nc(SC)n2)CCC1. The first-order valence-corrected chi connectivity index (χ1v) is 6.87. The van der Waals surface area contributed by atoms with Crippen LogP contribution in [0.5, 0.6) is 0 Å². The van der Waals surface area contributed by atoms with Crippen molar-refractivity contribution in [3.63, 3.8) is 0 Å². The number of nitrogen functional groups attached to an aromatic ring is 1. The van der Waals surface area contributed by atoms with Gasteiger partial charge in [-0.2, -0.15) is 0 Å². The van der Waals surface area contributed by atoms with Gasteiger partial charge in [-0.3, -0.25) is 0 Å². The zero-order valence-corrected chi connectivity index (χ0v) is 11.0. The second kappa shape index (κ2) is 5.10. The zero-order valence-electron chi connectivity index (χ0n) is 10.2. The van der Waals surface area contributed by atoms with E-state index in [0.717, 1.165) is 25.2 Å². The number of methoxy groups -OCH3 is 1. The van der Waals surface area contributed by atoms with Crippen LogP contribution in [0.3, 0.4) is 0 Å². The van der Waals surface area contributed by atoms with Crippen molar-refractivity contribution in [3.05, 3.63) is 6.07 Å². The molecule has 94 valence electrons. The summed E-state index contributed by atoms with van der Waals surface area (Å²) in [6, 6.07) is 1.75. The summed E-state index contributed by atoms with van der Waals surface area (Å²) in [5.41, 5.74) is 5.70. The van der Waals surface area contributed by atoms with Crippen LogP contribution in [0.25, 0.3) is 0 Å². The standard InChI is InChI=1S/C11H18N4OS/c1-16-11(4-3-5-11)7-13-9-6-8(12)14-10(15-9)17-2/h6H,3-5,7H2,1-2H3,(H3,12,13,14,15). The van der Waals surface area contributed by atoms with Crippen LogP contribution in [0.2, 0.25) is 0 Å². The van der Waals surface area contributed by atoms with Crippen LogP contribution in [-0.2, 0) is 4.74 Å². The van der Waals surface area contributed by atoms with Gasteiger partial charge in [0.25, 0.3) is 0 Å². The van der Waals surface area contributed by atoms with Crippen LogP contribution < -0.4 is 11.1 Å². The summed E-state index contributed by atoms with van der Waals surface area (Å²) in [7, 11) is 1.77. The third-order valence-corrected chi connectivity index (χ3v) is 3.75. The number of thioether (sulfide) groups is 1. The molecular weight excluding hydrogens is 236 g/mol. The summed E-state index contributed by atoms with van der Waals surface area (Å²) < 4.78 is 5.54. The van der Waals surface area contributed by atoms with Crippen LogP contribution in [0, 0.1) is 0 Å². The van der Waals surface area contributed by atoms with Crippen molar-refractivity contribution >= 4 is 23.4 Å². The lowest BCUT2D eigenvalue weighted by Crippen LogP contribution is -2.45. The van der Waals surface area contributed by atoms with E-state index < -0.39 is 0 Å². The smallest absolute Gasteiger partial charge is 0.191 e. The molecule has 1 aliphatic carbocycles. The van der Waals surface area contributed by atoms with E-state index in [1.807, 2.05) is 6.26 Å². The summed E-state index contributed by atoms with van der Waals surface area (Å²) in [5.74, 6) is 1.26. The predicted molar refractivity (Wildman–Crippen MR) is 70.3 cm³/mol. The first-order chi connectivity index (χ1) is 8.17. The molecule has 5 nitrogen and oxygen atoms in total. The molecule has 0 aromatic carbocycles. The molecule has 6 heteroatoms. The molecule has 1 aromatic rings. The molecule has 0 radical (unpaired) electrons. The van der Waals surface area contributed by atoms with Crippen molar-refractivity contribution in [1.29, 1.82) is 0 Å². The van der Waals surface area contributed by atoms with Gasteiger partial charge >= 0.3 is 0 Å². The maximum absolute atomic E-state index is 5.72. The minimum atomic E-state index is -0.0147. The maximum Gasteiger partial charge on any atom is 0.191 e. The number of hydrogen-bond donors (Lipinski definition) is 2. The second-order valence-corrected chi connectivity index (χ2v) is 5.03. The lowest BCUT2D eigenvalue weighted by atomic mass is 9.80. The highest BCUT2D eigenvalue weighted by Gasteiger charge is 2.36. The van der Waals surface area contributed by atoms with Crippen molar-refractivity contribution in [2.75, 3.05) is 31.0 Å². The molecule has 1 heterocycles. The number of nitrogens with two attached hydrogens (primary N) is 1. The van der Waals surface area contributed by atoms with Crippen LogP contribution in [-0.4, -0.2) is 35.5 Å². The molecule has 17 heavy (non-hydrogen) atoms. The number of aromatic nitrogens is 2. The monoisotopic (exact) mass is 254 g/mol. The van der Waals surface area contributed by atoms with E-state index in [4.69, 9.17) is 10.5 Å². The Kier molecular flexibility index (Phi) is 3.73. The highest BCUT2D eigenvalue weighted by atomic mass is 32.2. The fourth-order valence-corrected chi connectivity index (χ4v) is 2.29. The highest BCUT2D eigenvalue weighted by Crippen LogP contribution is 2.35. The Labute approximate surface area is 106 Å². The van der Waals surface area contributed by atoms with E-state index in [9.17, 15) is 0 Å². The van der Waals surface area contributed by atoms with Gasteiger partial charge in [0.1, 0.15) is 11.6 Å². The summed E-state index contributed by atoms with van der Waals surface area (Å²) >= 11 is 1.48. The van der Waals surface area contributed by atoms with Gasteiger partial charge in [0, 0.05) is 19.7 Å². The molecule has 0 aliphatic heterocycles. The molecule has 1 fully saturated rings. The summed E-state index contributed by atoms with van der Waals surface area (Å²) in [6.45, 7) is 0.772. The van der Waals surface area contributed by atoms with Gasteiger partial charge < -0.3 is 15.8 Å². The number of anilines is 2. The van der Waals surface area contributed by atoms with Gasteiger partial charge in [0.15, 0.2) is 5.16 Å². The van der Waals surface area contributed by atoms with Gasteiger partial charge in [-0.25, -0.2) is 9.97 Å². The van der Waals surface area contributed by atoms with Gasteiger partial charge in [-0.1, -0.05) is 11.8 Å². The minimum Gasteiger partial charge on any atom is -0.383 e. The van der Waals surface area contributed by atoms with E-state index in [1.54, 1.807) is 13.2 Å². The van der Waals surface area contributed by atoms with Crippen LogP contribution in [0.15, 0.2) is 11.2 Å². The van der Waals surface area contributed by atoms with Gasteiger partial charge in [0.05, 0.1) is 5.60 Å². The average molecular weight is 254 g/mol. The molecule has 1 saturated carbocycles. The largest absolute Gasteiger partial charge is 0.383 e. The number of nitrogens with zero attached hydrogens (tertiary/aromatic N) is 2. The van der Waals surface area contributed by atoms with Crippen molar-refractivity contribution in [2.24, 2.45) is 0 Å². The van der Waals surface area contributed by atoms with Crippen LogP contribution in [0.4, 0.5) is 11.6 Å². The van der Waals surface area contributed by atoms with Crippen LogP contribution in [0.1, 0.15) is 19.3 Å². The first-order valence-electron chi connectivity index (χ1n) is 5.65. The lowest BCUT2D eigenvalue weighted by Gasteiger charge is -2.40. The molecule has 2 rings (SSSR count). The van der Waals surface area contributed by atoms with Crippen molar-refractivity contribution in [2.45, 2.75) is 30.0 Å². The highest BCUT2D eigenvalue weighted by molar-refractivity contribution is 7.98. The van der Waals surface area contributed by atoms with Crippen LogP contribution >= 0.6 is 11.8 Å². The Balaban J connectivity index is 2.01. The van der Waals surface area contributed by atoms with Gasteiger partial charge in [-0.15, -0.1) is 0 Å². The molecule has 3 N–H and O–H groups in total. The Morgan fingerprint density at radius 1 is 1.53 bits per heavy atom. The van der Waals surface area contributed by atoms with Gasteiger partial charge in [0.2, 0.25) is 0 Å². The van der Waals surface area contributed by atoms with E-state index >= 15 is 0 Å². The fraction of sp³-hybridized carbons (Fsp3) is 0.636. The number of ether oxygens (including phenoxy) is 1. The third-order valence-electron chi connectivity index (χ3n) is 3.20. The van der Waals surface area contributed by atoms with E-state index in [-0.39, 0.29) is 5.60 Å². The molecule has 1 aromatic heterocycles. The first kappa shape index (κ1) is 12.4. The Morgan fingerprint density at radius 2 is 2.29 bits per heavy atom. The Morgan fingerprint density at radius 3 is 2.82 bits per heavy atom. The van der Waals surface area contributed by atoms with Crippen molar-refractivity contribution in [3.8, 4) is 0 Å². The molecule has 0 amide bonds. The fourth-order valence-electron chi connectivity index (χ4n) is 1.90. The zero-order chi connectivity index (χ0) is 12.3. The predicted octanol–water partition coefficient (Wildman–Crippen LogP) is 1.76. The molecular formula is C11H18N4OS. The van der Waals surface area contributed by atoms with E-state index in [0.29, 0.717) is 11.0 Å². The molecule has 0 saturated heterocycles. The van der Waals surface area contributed by atoms with Gasteiger partial charge in [-0.05, 0) is 25.5 Å². The molecule has 0 bridgehead atoms. The number of nitrogens with one attached hydrogen (secondary N) is 1. The van der Waals surface area contributed by atoms with E-state index in [1.165, 1.54) is 18.2 Å². The van der Waals surface area contributed by atoms with Crippen molar-refractivity contribution < 1.29 is 4.74 Å². The quantitative estimate of drug-likeness (QED) is 0.616. The molecule has 0 unspecified atom stereocenters. The Bertz CT molecular complexity index is 390. The lowest BCUT2D eigenvalue weighted by molar-refractivity contribution is -0.0601. The Hall–Kier alpha value is -1.01.